The number of hydrogen-bond donors (Lipinski definition) is 1. The van der Waals surface area contributed by atoms with Crippen LogP contribution in [0.1, 0.15) is 0 Å². The summed E-state index contributed by atoms with van der Waals surface area (Å²) in [6, 6.07) is 9.96. The monoisotopic (exact) mass is 391 g/mol. The van der Waals surface area contributed by atoms with Crippen molar-refractivity contribution < 1.29 is 4.79 Å². The van der Waals surface area contributed by atoms with Gasteiger partial charge in [0.1, 0.15) is 12.9 Å². The molecule has 4 rings (SSSR count). The van der Waals surface area contributed by atoms with E-state index >= 15 is 0 Å². The maximum atomic E-state index is 12.4. The highest BCUT2D eigenvalue weighted by Gasteiger charge is 2.08. The molecule has 3 aromatic heterocycles. The van der Waals surface area contributed by atoms with Crippen molar-refractivity contribution in [3.8, 4) is 5.82 Å². The van der Waals surface area contributed by atoms with Gasteiger partial charge in [-0.25, -0.2) is 14.6 Å². The van der Waals surface area contributed by atoms with Crippen molar-refractivity contribution in [1.29, 1.82) is 0 Å². The highest BCUT2D eigenvalue weighted by molar-refractivity contribution is 5.78. The lowest BCUT2D eigenvalue weighted by molar-refractivity contribution is -0.121. The fraction of sp³-hybridized carbons (Fsp3) is 0.158. The zero-order valence-corrected chi connectivity index (χ0v) is 15.3. The third-order valence-corrected chi connectivity index (χ3v) is 4.31. The molecule has 0 aliphatic carbocycles. The van der Waals surface area contributed by atoms with Crippen molar-refractivity contribution in [3.63, 3.8) is 0 Å². The smallest absolute Gasteiger partial charge is 0.266 e. The first-order valence-corrected chi connectivity index (χ1v) is 8.89. The number of benzene rings is 1. The quantitative estimate of drug-likeness (QED) is 0.493. The van der Waals surface area contributed by atoms with Crippen LogP contribution >= 0.6 is 0 Å². The number of carbonyl (C=O) groups is 1. The minimum atomic E-state index is -0.358. The van der Waals surface area contributed by atoms with Crippen LogP contribution in [0.25, 0.3) is 16.7 Å². The van der Waals surface area contributed by atoms with E-state index in [0.29, 0.717) is 16.7 Å². The molecular weight excluding hydrogens is 374 g/mol. The number of nitrogens with zero attached hydrogens (tertiary/aromatic N) is 6. The first kappa shape index (κ1) is 18.3. The Labute approximate surface area is 164 Å². The van der Waals surface area contributed by atoms with Crippen LogP contribution in [0.15, 0.2) is 71.0 Å². The van der Waals surface area contributed by atoms with E-state index in [4.69, 9.17) is 0 Å². The van der Waals surface area contributed by atoms with Gasteiger partial charge in [-0.1, -0.05) is 12.1 Å². The van der Waals surface area contributed by atoms with Crippen LogP contribution in [0.3, 0.4) is 0 Å². The summed E-state index contributed by atoms with van der Waals surface area (Å²) in [5.41, 5.74) is 0.0205. The number of amides is 1. The number of imidazole rings is 1. The molecule has 0 bridgehead atoms. The van der Waals surface area contributed by atoms with Gasteiger partial charge in [0.15, 0.2) is 5.82 Å². The van der Waals surface area contributed by atoms with E-state index in [1.807, 2.05) is 0 Å². The van der Waals surface area contributed by atoms with Crippen LogP contribution in [0, 0.1) is 0 Å². The zero-order valence-electron chi connectivity index (χ0n) is 15.3. The summed E-state index contributed by atoms with van der Waals surface area (Å²) in [5.74, 6) is 0.185. The first-order chi connectivity index (χ1) is 14.1. The minimum absolute atomic E-state index is 0.159. The Hall–Kier alpha value is -4.08. The van der Waals surface area contributed by atoms with Gasteiger partial charge in [-0.3, -0.25) is 23.5 Å². The van der Waals surface area contributed by atoms with E-state index in [-0.39, 0.29) is 36.7 Å². The van der Waals surface area contributed by atoms with Crippen LogP contribution in [-0.2, 0) is 17.9 Å². The van der Waals surface area contributed by atoms with Crippen LogP contribution in [0.2, 0.25) is 0 Å². The van der Waals surface area contributed by atoms with Crippen LogP contribution in [-0.4, -0.2) is 41.3 Å². The number of fused-ring (bicyclic) bond motifs is 1. The van der Waals surface area contributed by atoms with Crippen LogP contribution < -0.4 is 16.4 Å². The normalized spacial score (nSPS) is 10.9. The van der Waals surface area contributed by atoms with Crippen molar-refractivity contribution in [2.75, 3.05) is 6.54 Å². The second-order valence-electron chi connectivity index (χ2n) is 6.27. The first-order valence-electron chi connectivity index (χ1n) is 8.89. The molecule has 3 heterocycles. The Bertz CT molecular complexity index is 1270. The van der Waals surface area contributed by atoms with Crippen molar-refractivity contribution in [2.24, 2.45) is 0 Å². The molecule has 4 aromatic rings. The third kappa shape index (κ3) is 3.95. The van der Waals surface area contributed by atoms with E-state index in [2.05, 4.69) is 20.4 Å². The number of rotatable bonds is 6. The van der Waals surface area contributed by atoms with E-state index in [9.17, 15) is 14.4 Å². The number of nitrogens with one attached hydrogen (secondary N) is 1. The average Bonchev–Trinajstić information content (AvgIpc) is 3.27. The number of para-hydroxylation sites is 1. The molecule has 0 radical (unpaired) electrons. The van der Waals surface area contributed by atoms with Gasteiger partial charge in [0.25, 0.3) is 11.1 Å². The molecule has 0 saturated carbocycles. The second kappa shape index (κ2) is 7.89. The van der Waals surface area contributed by atoms with Gasteiger partial charge in [0, 0.05) is 25.0 Å². The van der Waals surface area contributed by atoms with E-state index in [0.717, 1.165) is 0 Å². The maximum Gasteiger partial charge on any atom is 0.266 e. The van der Waals surface area contributed by atoms with Crippen LogP contribution in [0.4, 0.5) is 0 Å². The Morgan fingerprint density at radius 3 is 2.76 bits per heavy atom. The Morgan fingerprint density at radius 2 is 1.93 bits per heavy atom. The Kier molecular flexibility index (Phi) is 4.97. The molecule has 0 aliphatic rings. The summed E-state index contributed by atoms with van der Waals surface area (Å²) >= 11 is 0. The molecule has 0 unspecified atom stereocenters. The van der Waals surface area contributed by atoms with Gasteiger partial charge >= 0.3 is 0 Å². The molecule has 10 nitrogen and oxygen atoms in total. The lowest BCUT2D eigenvalue weighted by Crippen LogP contribution is -2.36. The number of carbonyl (C=O) groups excluding carboxylic acids is 1. The predicted octanol–water partition coefficient (Wildman–Crippen LogP) is -0.0447. The van der Waals surface area contributed by atoms with Gasteiger partial charge in [0.05, 0.1) is 23.8 Å². The summed E-state index contributed by atoms with van der Waals surface area (Å²) in [6.07, 6.45) is 6.26. The van der Waals surface area contributed by atoms with Gasteiger partial charge in [0.2, 0.25) is 5.91 Å². The summed E-state index contributed by atoms with van der Waals surface area (Å²) < 4.78 is 4.19. The molecule has 0 fully saturated rings. The molecule has 1 amide bonds. The largest absolute Gasteiger partial charge is 0.353 e. The molecule has 1 N–H and O–H groups in total. The van der Waals surface area contributed by atoms with E-state index in [1.54, 1.807) is 53.6 Å². The summed E-state index contributed by atoms with van der Waals surface area (Å²) in [7, 11) is 0. The minimum Gasteiger partial charge on any atom is -0.353 e. The summed E-state index contributed by atoms with van der Waals surface area (Å²) in [5, 5.41) is 7.40. The van der Waals surface area contributed by atoms with Crippen molar-refractivity contribution in [3.05, 3.63) is 82.2 Å². The molecule has 29 heavy (non-hydrogen) atoms. The SMILES string of the molecule is O=C(Cn1cnc2ccccc2c1=O)NCCn1nc(-n2ccnc2)ccc1=O. The standard InChI is InChI=1S/C19H17N7O3/c27-17(11-25-13-22-15-4-2-1-3-14(15)19(25)29)21-8-10-26-18(28)6-5-16(23-26)24-9-7-20-12-24/h1-7,9,12-13H,8,10-11H2,(H,21,27). The van der Waals surface area contributed by atoms with Gasteiger partial charge < -0.3 is 5.32 Å². The fourth-order valence-electron chi connectivity index (χ4n) is 2.86. The average molecular weight is 391 g/mol. The third-order valence-electron chi connectivity index (χ3n) is 4.31. The van der Waals surface area contributed by atoms with E-state index in [1.165, 1.54) is 21.6 Å². The predicted molar refractivity (Wildman–Crippen MR) is 105 cm³/mol. The lowest BCUT2D eigenvalue weighted by Gasteiger charge is -2.10. The van der Waals surface area contributed by atoms with Gasteiger partial charge in [-0.05, 0) is 18.2 Å². The van der Waals surface area contributed by atoms with Gasteiger partial charge in [-0.15, -0.1) is 0 Å². The molecule has 0 aliphatic heterocycles. The molecule has 1 aromatic carbocycles. The summed E-state index contributed by atoms with van der Waals surface area (Å²) in [4.78, 5) is 44.8. The highest BCUT2D eigenvalue weighted by Crippen LogP contribution is 2.04. The van der Waals surface area contributed by atoms with Crippen molar-refractivity contribution >= 4 is 16.8 Å². The topological polar surface area (TPSA) is 117 Å². The van der Waals surface area contributed by atoms with E-state index < -0.39 is 0 Å². The summed E-state index contributed by atoms with van der Waals surface area (Å²) in [6.45, 7) is 0.223. The molecule has 10 heteroatoms. The molecule has 0 atom stereocenters. The van der Waals surface area contributed by atoms with Crippen molar-refractivity contribution in [2.45, 2.75) is 13.1 Å². The molecule has 0 spiro atoms. The highest BCUT2D eigenvalue weighted by atomic mass is 16.2. The number of aromatic nitrogens is 6. The number of hydrogen-bond acceptors (Lipinski definition) is 6. The zero-order chi connectivity index (χ0) is 20.2. The lowest BCUT2D eigenvalue weighted by atomic mass is 10.2. The second-order valence-corrected chi connectivity index (χ2v) is 6.27. The molecule has 146 valence electrons. The maximum absolute atomic E-state index is 12.4. The fourth-order valence-corrected chi connectivity index (χ4v) is 2.86. The Balaban J connectivity index is 1.40. The van der Waals surface area contributed by atoms with Gasteiger partial charge in [-0.2, -0.15) is 5.10 Å². The molecule has 0 saturated heterocycles. The van der Waals surface area contributed by atoms with Crippen molar-refractivity contribution in [1.82, 2.24) is 34.2 Å². The van der Waals surface area contributed by atoms with Crippen LogP contribution in [0.5, 0.6) is 0 Å². The molecular formula is C19H17N7O3. The Morgan fingerprint density at radius 1 is 1.07 bits per heavy atom.